The second kappa shape index (κ2) is 9.84. The Morgan fingerprint density at radius 2 is 2.00 bits per heavy atom. The summed E-state index contributed by atoms with van der Waals surface area (Å²) in [5.74, 6) is 0.979. The van der Waals surface area contributed by atoms with Gasteiger partial charge in [-0.1, -0.05) is 48.4 Å². The summed E-state index contributed by atoms with van der Waals surface area (Å²) in [5, 5.41) is 0. The topological polar surface area (TPSA) is 43.4 Å². The molecule has 0 amide bonds. The molecule has 3 heteroatoms. The Balaban J connectivity index is 1.65. The van der Waals surface area contributed by atoms with Crippen LogP contribution in [-0.4, -0.2) is 18.2 Å². The number of allylic oxidation sites excluding steroid dienone is 2. The first-order valence-electron chi connectivity index (χ1n) is 11.2. The highest BCUT2D eigenvalue weighted by Gasteiger charge is 2.49. The van der Waals surface area contributed by atoms with Gasteiger partial charge in [0.15, 0.2) is 0 Å². The van der Waals surface area contributed by atoms with E-state index >= 15 is 0 Å². The zero-order valence-corrected chi connectivity index (χ0v) is 18.3. The van der Waals surface area contributed by atoms with Crippen molar-refractivity contribution in [2.45, 2.75) is 84.8 Å². The van der Waals surface area contributed by atoms with Gasteiger partial charge in [-0.15, -0.1) is 0 Å². The number of aldehydes is 1. The number of carbonyl (C=O) groups excluding carboxylic acids is 2. The van der Waals surface area contributed by atoms with Crippen molar-refractivity contribution >= 4 is 12.1 Å². The van der Waals surface area contributed by atoms with Crippen LogP contribution in [0.4, 0.5) is 0 Å². The van der Waals surface area contributed by atoms with E-state index in [1.54, 1.807) is 6.92 Å². The van der Waals surface area contributed by atoms with Crippen LogP contribution in [0.15, 0.2) is 41.5 Å². The van der Waals surface area contributed by atoms with Crippen molar-refractivity contribution in [2.24, 2.45) is 17.3 Å². The summed E-state index contributed by atoms with van der Waals surface area (Å²) in [6.07, 6.45) is 8.93. The normalized spacial score (nSPS) is 27.6. The predicted molar refractivity (Wildman–Crippen MR) is 116 cm³/mol. The van der Waals surface area contributed by atoms with Crippen LogP contribution >= 0.6 is 0 Å². The van der Waals surface area contributed by atoms with Crippen molar-refractivity contribution < 1.29 is 14.3 Å². The molecule has 2 aliphatic rings. The molecule has 0 aromatic heterocycles. The molecule has 0 saturated heterocycles. The van der Waals surface area contributed by atoms with Gasteiger partial charge in [0.2, 0.25) is 0 Å². The van der Waals surface area contributed by atoms with E-state index in [2.05, 4.69) is 26.0 Å². The number of fused-ring (bicyclic) bond motifs is 1. The molecule has 2 aliphatic carbocycles. The number of rotatable bonds is 10. The van der Waals surface area contributed by atoms with Gasteiger partial charge in [-0.2, -0.15) is 0 Å². The minimum Gasteiger partial charge on any atom is -0.374 e. The molecule has 0 N–H and O–H groups in total. The highest BCUT2D eigenvalue weighted by molar-refractivity contribution is 5.79. The highest BCUT2D eigenvalue weighted by Crippen LogP contribution is 2.57. The second-order valence-electron chi connectivity index (χ2n) is 9.38. The molecule has 1 fully saturated rings. The molecule has 0 aliphatic heterocycles. The van der Waals surface area contributed by atoms with Gasteiger partial charge in [0.25, 0.3) is 0 Å². The summed E-state index contributed by atoms with van der Waals surface area (Å²) in [6, 6.07) is 10.2. The molecule has 0 heterocycles. The van der Waals surface area contributed by atoms with Crippen LogP contribution < -0.4 is 0 Å². The third kappa shape index (κ3) is 5.25. The zero-order valence-electron chi connectivity index (χ0n) is 18.3. The second-order valence-corrected chi connectivity index (χ2v) is 9.38. The fourth-order valence-corrected chi connectivity index (χ4v) is 5.70. The quantitative estimate of drug-likeness (QED) is 0.356. The monoisotopic (exact) mass is 396 g/mol. The van der Waals surface area contributed by atoms with Gasteiger partial charge in [-0.25, -0.2) is 0 Å². The van der Waals surface area contributed by atoms with Crippen LogP contribution in [0.2, 0.25) is 0 Å². The molecule has 0 bridgehead atoms. The standard InChI is InChI=1S/C26H36O3/c1-19-22(13-15-26(3)16-14-24(20(2)28)25(19)26)11-12-23(10-7-17-27)29-18-21-8-5-4-6-9-21/h4-6,8-9,17,23-25H,7,10-16,18H2,1-3H3/t23?,24-,25+,26-/m0/s1. The van der Waals surface area contributed by atoms with Gasteiger partial charge in [-0.3, -0.25) is 4.79 Å². The number of ketones is 1. The summed E-state index contributed by atoms with van der Waals surface area (Å²) in [6.45, 7) is 7.01. The molecular formula is C26H36O3. The lowest BCUT2D eigenvalue weighted by Crippen LogP contribution is -2.33. The Morgan fingerprint density at radius 3 is 2.69 bits per heavy atom. The molecule has 0 spiro atoms. The molecule has 1 saturated carbocycles. The molecule has 0 radical (unpaired) electrons. The lowest BCUT2D eigenvalue weighted by Gasteiger charge is -2.40. The van der Waals surface area contributed by atoms with E-state index < -0.39 is 0 Å². The van der Waals surface area contributed by atoms with E-state index in [0.717, 1.165) is 38.4 Å². The number of hydrogen-bond acceptors (Lipinski definition) is 3. The minimum absolute atomic E-state index is 0.0983. The summed E-state index contributed by atoms with van der Waals surface area (Å²) >= 11 is 0. The van der Waals surface area contributed by atoms with Crippen molar-refractivity contribution in [1.29, 1.82) is 0 Å². The first-order valence-corrected chi connectivity index (χ1v) is 11.2. The van der Waals surface area contributed by atoms with E-state index in [1.165, 1.54) is 29.6 Å². The average molecular weight is 397 g/mol. The summed E-state index contributed by atoms with van der Waals surface area (Å²) in [5.41, 5.74) is 4.46. The maximum absolute atomic E-state index is 12.2. The molecule has 158 valence electrons. The Morgan fingerprint density at radius 1 is 1.24 bits per heavy atom. The third-order valence-corrected chi connectivity index (χ3v) is 7.43. The predicted octanol–water partition coefficient (Wildman–Crippen LogP) is 6.06. The molecule has 1 aromatic rings. The first kappa shape index (κ1) is 22.0. The molecule has 29 heavy (non-hydrogen) atoms. The highest BCUT2D eigenvalue weighted by atomic mass is 16.5. The fourth-order valence-electron chi connectivity index (χ4n) is 5.70. The van der Waals surface area contributed by atoms with Gasteiger partial charge in [0, 0.05) is 12.3 Å². The van der Waals surface area contributed by atoms with E-state index in [9.17, 15) is 9.59 Å². The van der Waals surface area contributed by atoms with E-state index in [4.69, 9.17) is 4.74 Å². The molecule has 3 nitrogen and oxygen atoms in total. The maximum atomic E-state index is 12.2. The van der Waals surface area contributed by atoms with Gasteiger partial charge < -0.3 is 9.53 Å². The maximum Gasteiger partial charge on any atom is 0.133 e. The molecule has 4 atom stereocenters. The van der Waals surface area contributed by atoms with Crippen molar-refractivity contribution in [3.63, 3.8) is 0 Å². The van der Waals surface area contributed by atoms with Crippen LogP contribution in [-0.2, 0) is 20.9 Å². The van der Waals surface area contributed by atoms with E-state index in [1.807, 2.05) is 18.2 Å². The fraction of sp³-hybridized carbons (Fsp3) is 0.615. The Hall–Kier alpha value is -1.74. The van der Waals surface area contributed by atoms with Crippen LogP contribution in [0.3, 0.4) is 0 Å². The van der Waals surface area contributed by atoms with Crippen molar-refractivity contribution in [1.82, 2.24) is 0 Å². The van der Waals surface area contributed by atoms with Gasteiger partial charge >= 0.3 is 0 Å². The van der Waals surface area contributed by atoms with Crippen LogP contribution in [0.1, 0.15) is 77.7 Å². The molecule has 1 aromatic carbocycles. The van der Waals surface area contributed by atoms with E-state index in [0.29, 0.717) is 30.1 Å². The van der Waals surface area contributed by atoms with Gasteiger partial charge in [0.05, 0.1) is 12.7 Å². The van der Waals surface area contributed by atoms with Crippen molar-refractivity contribution in [3.05, 3.63) is 47.0 Å². The number of hydrogen-bond donors (Lipinski definition) is 0. The summed E-state index contributed by atoms with van der Waals surface area (Å²) in [7, 11) is 0. The third-order valence-electron chi connectivity index (χ3n) is 7.43. The van der Waals surface area contributed by atoms with Crippen molar-refractivity contribution in [3.8, 4) is 0 Å². The van der Waals surface area contributed by atoms with Crippen LogP contribution in [0.25, 0.3) is 0 Å². The molecule has 1 unspecified atom stereocenters. The number of carbonyl (C=O) groups is 2. The number of benzene rings is 1. The molecular weight excluding hydrogens is 360 g/mol. The van der Waals surface area contributed by atoms with Crippen molar-refractivity contribution in [2.75, 3.05) is 0 Å². The Kier molecular flexibility index (Phi) is 7.45. The average Bonchev–Trinajstić information content (AvgIpc) is 3.08. The Labute approximate surface area is 175 Å². The summed E-state index contributed by atoms with van der Waals surface area (Å²) < 4.78 is 6.19. The largest absolute Gasteiger partial charge is 0.374 e. The zero-order chi connectivity index (χ0) is 20.9. The van der Waals surface area contributed by atoms with Gasteiger partial charge in [0.1, 0.15) is 12.1 Å². The SMILES string of the molecule is CC(=O)[C@@H]1CC[C@]2(C)CCC(CCC(CCC=O)OCc3ccccc3)=C(C)[C@H]12. The van der Waals surface area contributed by atoms with E-state index in [-0.39, 0.29) is 12.0 Å². The molecule has 3 rings (SSSR count). The first-order chi connectivity index (χ1) is 13.9. The minimum atomic E-state index is 0.0983. The van der Waals surface area contributed by atoms with Crippen LogP contribution in [0.5, 0.6) is 0 Å². The lowest BCUT2D eigenvalue weighted by atomic mass is 9.64. The lowest BCUT2D eigenvalue weighted by molar-refractivity contribution is -0.122. The smallest absolute Gasteiger partial charge is 0.133 e. The summed E-state index contributed by atoms with van der Waals surface area (Å²) in [4.78, 5) is 23.1. The number of ether oxygens (including phenoxy) is 1. The number of Topliss-reactive ketones (excluding diaryl/α,β-unsaturated/α-hetero) is 1. The van der Waals surface area contributed by atoms with Crippen LogP contribution in [0, 0.1) is 17.3 Å². The van der Waals surface area contributed by atoms with Gasteiger partial charge in [-0.05, 0) is 75.7 Å². The Bertz CT molecular complexity index is 736.